The summed E-state index contributed by atoms with van der Waals surface area (Å²) in [4.78, 5) is 10.7. The van der Waals surface area contributed by atoms with E-state index in [1.54, 1.807) is 0 Å². The smallest absolute Gasteiger partial charge is 0.303 e. The van der Waals surface area contributed by atoms with Crippen molar-refractivity contribution in [3.05, 3.63) is 58.1 Å². The van der Waals surface area contributed by atoms with E-state index in [1.807, 2.05) is 24.3 Å². The summed E-state index contributed by atoms with van der Waals surface area (Å²) in [6.07, 6.45) is 0.746. The van der Waals surface area contributed by atoms with Crippen LogP contribution in [-0.4, -0.2) is 11.1 Å². The number of carbonyl (C=O) groups is 1. The maximum absolute atomic E-state index is 10.7. The molecule has 0 radical (unpaired) electrons. The highest BCUT2D eigenvalue weighted by molar-refractivity contribution is 9.10. The summed E-state index contributed by atoms with van der Waals surface area (Å²) >= 11 is 3.43. The van der Waals surface area contributed by atoms with Gasteiger partial charge in [-0.2, -0.15) is 0 Å². The van der Waals surface area contributed by atoms with Crippen LogP contribution in [0.1, 0.15) is 17.5 Å². The molecule has 0 bridgehead atoms. The first-order valence-corrected chi connectivity index (χ1v) is 6.93. The van der Waals surface area contributed by atoms with Crippen molar-refractivity contribution in [3.63, 3.8) is 0 Å². The van der Waals surface area contributed by atoms with Crippen molar-refractivity contribution >= 4 is 21.9 Å². The first kappa shape index (κ1) is 13.8. The molecule has 19 heavy (non-hydrogen) atoms. The van der Waals surface area contributed by atoms with E-state index in [4.69, 9.17) is 5.11 Å². The molecule has 0 atom stereocenters. The van der Waals surface area contributed by atoms with E-state index in [1.165, 1.54) is 0 Å². The topological polar surface area (TPSA) is 37.3 Å². The Balaban J connectivity index is 2.34. The fraction of sp³-hybridized carbons (Fsp3) is 0.188. The molecule has 0 saturated heterocycles. The van der Waals surface area contributed by atoms with E-state index in [-0.39, 0.29) is 6.42 Å². The fourth-order valence-corrected chi connectivity index (χ4v) is 2.40. The highest BCUT2D eigenvalue weighted by Gasteiger charge is 2.07. The number of hydrogen-bond donors (Lipinski definition) is 1. The zero-order valence-corrected chi connectivity index (χ0v) is 12.3. The van der Waals surface area contributed by atoms with E-state index in [2.05, 4.69) is 41.1 Å². The zero-order chi connectivity index (χ0) is 13.8. The van der Waals surface area contributed by atoms with Crippen LogP contribution >= 0.6 is 15.9 Å². The maximum atomic E-state index is 10.7. The van der Waals surface area contributed by atoms with Crippen LogP contribution in [0.2, 0.25) is 0 Å². The third kappa shape index (κ3) is 3.44. The number of carboxylic acids is 1. The van der Waals surface area contributed by atoms with Gasteiger partial charge in [0.2, 0.25) is 0 Å². The molecule has 2 aromatic carbocycles. The molecule has 2 rings (SSSR count). The van der Waals surface area contributed by atoms with E-state index in [9.17, 15) is 4.79 Å². The summed E-state index contributed by atoms with van der Waals surface area (Å²) in [6.45, 7) is 2.05. The van der Waals surface area contributed by atoms with Gasteiger partial charge in [-0.15, -0.1) is 0 Å². The lowest BCUT2D eigenvalue weighted by Gasteiger charge is -2.11. The Kier molecular flexibility index (Phi) is 4.38. The maximum Gasteiger partial charge on any atom is 0.303 e. The molecule has 0 aliphatic heterocycles. The summed E-state index contributed by atoms with van der Waals surface area (Å²) < 4.78 is 1.05. The molecule has 2 nitrogen and oxygen atoms in total. The highest BCUT2D eigenvalue weighted by atomic mass is 79.9. The van der Waals surface area contributed by atoms with E-state index in [0.29, 0.717) is 6.42 Å². The van der Waals surface area contributed by atoms with Crippen LogP contribution in [-0.2, 0) is 11.2 Å². The molecule has 0 saturated carbocycles. The lowest BCUT2D eigenvalue weighted by Crippen LogP contribution is -1.99. The van der Waals surface area contributed by atoms with Gasteiger partial charge in [-0.25, -0.2) is 0 Å². The molecule has 0 unspecified atom stereocenters. The number of hydrogen-bond acceptors (Lipinski definition) is 1. The second-order valence-corrected chi connectivity index (χ2v) is 5.41. The first-order valence-electron chi connectivity index (χ1n) is 6.14. The van der Waals surface area contributed by atoms with Gasteiger partial charge in [-0.3, -0.25) is 4.79 Å². The number of carboxylic acid groups (broad SMARTS) is 1. The molecular weight excluding hydrogens is 304 g/mol. The minimum atomic E-state index is -0.756. The molecular formula is C16H15BrO2. The monoisotopic (exact) mass is 318 g/mol. The molecule has 2 aromatic rings. The Hall–Kier alpha value is -1.61. The third-order valence-corrected chi connectivity index (χ3v) is 3.74. The highest BCUT2D eigenvalue weighted by Crippen LogP contribution is 2.27. The molecule has 0 heterocycles. The number of aryl methyl sites for hydroxylation is 1. The van der Waals surface area contributed by atoms with Gasteiger partial charge in [0.05, 0.1) is 0 Å². The van der Waals surface area contributed by atoms with Gasteiger partial charge in [0.15, 0.2) is 0 Å². The Morgan fingerprint density at radius 1 is 1.16 bits per heavy atom. The molecule has 0 fully saturated rings. The Bertz CT molecular complexity index is 588. The van der Waals surface area contributed by atoms with Gasteiger partial charge in [-0.1, -0.05) is 46.3 Å². The average molecular weight is 319 g/mol. The molecule has 0 spiro atoms. The predicted octanol–water partition coefficient (Wildman–Crippen LogP) is 4.44. The summed E-state index contributed by atoms with van der Waals surface area (Å²) in [6, 6.07) is 14.2. The van der Waals surface area contributed by atoms with Gasteiger partial charge in [0, 0.05) is 10.9 Å². The van der Waals surface area contributed by atoms with Crippen molar-refractivity contribution in [2.45, 2.75) is 19.8 Å². The van der Waals surface area contributed by atoms with Gasteiger partial charge < -0.3 is 5.11 Å². The Morgan fingerprint density at radius 3 is 2.47 bits per heavy atom. The second-order valence-electron chi connectivity index (χ2n) is 4.49. The van der Waals surface area contributed by atoms with Crippen molar-refractivity contribution in [3.8, 4) is 11.1 Å². The normalized spacial score (nSPS) is 10.4. The summed E-state index contributed by atoms with van der Waals surface area (Å²) in [5.74, 6) is -0.756. The second kappa shape index (κ2) is 6.02. The van der Waals surface area contributed by atoms with Crippen LogP contribution in [0.4, 0.5) is 0 Å². The van der Waals surface area contributed by atoms with Crippen molar-refractivity contribution in [1.82, 2.24) is 0 Å². The van der Waals surface area contributed by atoms with Crippen LogP contribution in [0.15, 0.2) is 46.9 Å². The SMILES string of the molecule is Cc1c(CCC(=O)O)cccc1-c1ccc(Br)cc1. The van der Waals surface area contributed by atoms with Crippen LogP contribution in [0.3, 0.4) is 0 Å². The molecule has 0 aromatic heterocycles. The quantitative estimate of drug-likeness (QED) is 0.904. The summed E-state index contributed by atoms with van der Waals surface area (Å²) in [7, 11) is 0. The molecule has 0 amide bonds. The van der Waals surface area contributed by atoms with Crippen molar-refractivity contribution < 1.29 is 9.90 Å². The lowest BCUT2D eigenvalue weighted by molar-refractivity contribution is -0.136. The first-order chi connectivity index (χ1) is 9.08. The van der Waals surface area contributed by atoms with E-state index in [0.717, 1.165) is 26.7 Å². The largest absolute Gasteiger partial charge is 0.481 e. The fourth-order valence-electron chi connectivity index (χ4n) is 2.14. The number of benzene rings is 2. The van der Waals surface area contributed by atoms with Crippen LogP contribution < -0.4 is 0 Å². The standard InChI is InChI=1S/C16H15BrO2/c1-11-12(7-10-16(18)19)3-2-4-15(11)13-5-8-14(17)9-6-13/h2-6,8-9H,7,10H2,1H3,(H,18,19). The Labute approximate surface area is 121 Å². The van der Waals surface area contributed by atoms with Crippen LogP contribution in [0.5, 0.6) is 0 Å². The molecule has 3 heteroatoms. The summed E-state index contributed by atoms with van der Waals surface area (Å²) in [5.41, 5.74) is 4.57. The minimum absolute atomic E-state index is 0.171. The van der Waals surface area contributed by atoms with E-state index < -0.39 is 5.97 Å². The number of rotatable bonds is 4. The van der Waals surface area contributed by atoms with Crippen molar-refractivity contribution in [1.29, 1.82) is 0 Å². The van der Waals surface area contributed by atoms with Crippen molar-refractivity contribution in [2.24, 2.45) is 0 Å². The van der Waals surface area contributed by atoms with Crippen LogP contribution in [0.25, 0.3) is 11.1 Å². The third-order valence-electron chi connectivity index (χ3n) is 3.21. The molecule has 98 valence electrons. The van der Waals surface area contributed by atoms with Crippen molar-refractivity contribution in [2.75, 3.05) is 0 Å². The van der Waals surface area contributed by atoms with E-state index >= 15 is 0 Å². The Morgan fingerprint density at radius 2 is 1.84 bits per heavy atom. The summed E-state index contributed by atoms with van der Waals surface area (Å²) in [5, 5.41) is 8.78. The molecule has 0 aliphatic rings. The van der Waals surface area contributed by atoms with Crippen LogP contribution in [0, 0.1) is 6.92 Å². The lowest BCUT2D eigenvalue weighted by atomic mass is 9.94. The predicted molar refractivity (Wildman–Crippen MR) is 80.3 cm³/mol. The number of aliphatic carboxylic acids is 1. The molecule has 0 aliphatic carbocycles. The van der Waals surface area contributed by atoms with Gasteiger partial charge >= 0.3 is 5.97 Å². The minimum Gasteiger partial charge on any atom is -0.481 e. The average Bonchev–Trinajstić information content (AvgIpc) is 2.39. The van der Waals surface area contributed by atoms with Gasteiger partial charge in [0.25, 0.3) is 0 Å². The van der Waals surface area contributed by atoms with Gasteiger partial charge in [0.1, 0.15) is 0 Å². The number of halogens is 1. The van der Waals surface area contributed by atoms with Gasteiger partial charge in [-0.05, 0) is 47.7 Å². The zero-order valence-electron chi connectivity index (χ0n) is 10.7. The molecule has 1 N–H and O–H groups in total.